The molecule has 3 heterocycles. The number of hydrogen-bond donors (Lipinski definition) is 0. The van der Waals surface area contributed by atoms with E-state index in [0.29, 0.717) is 0 Å². The number of pyridine rings is 1. The van der Waals surface area contributed by atoms with E-state index in [9.17, 15) is 0 Å². The molecule has 0 atom stereocenters. The van der Waals surface area contributed by atoms with Crippen LogP contribution in [0.4, 0.5) is 5.82 Å². The molecule has 5 nitrogen and oxygen atoms in total. The van der Waals surface area contributed by atoms with Crippen molar-refractivity contribution in [2.45, 2.75) is 47.5 Å². The van der Waals surface area contributed by atoms with Gasteiger partial charge in [-0.15, -0.1) is 0 Å². The fraction of sp³-hybridized carbons (Fsp3) is 0.450. The Kier molecular flexibility index (Phi) is 5.02. The van der Waals surface area contributed by atoms with Gasteiger partial charge in [-0.2, -0.15) is 9.61 Å². The molecule has 5 heteroatoms. The molecular weight excluding hydrogens is 310 g/mol. The van der Waals surface area contributed by atoms with Crippen LogP contribution in [-0.2, 0) is 0 Å². The molecule has 3 rings (SSSR count). The minimum atomic E-state index is 0.912. The van der Waals surface area contributed by atoms with Crippen LogP contribution >= 0.6 is 0 Å². The monoisotopic (exact) mass is 337 g/mol. The largest absolute Gasteiger partial charge is 0.356 e. The van der Waals surface area contributed by atoms with Gasteiger partial charge in [0.2, 0.25) is 0 Å². The van der Waals surface area contributed by atoms with Gasteiger partial charge in [-0.1, -0.05) is 19.9 Å². The highest BCUT2D eigenvalue weighted by atomic mass is 15.3. The summed E-state index contributed by atoms with van der Waals surface area (Å²) in [6, 6.07) is 6.28. The summed E-state index contributed by atoms with van der Waals surface area (Å²) in [7, 11) is 0. The first-order valence-corrected chi connectivity index (χ1v) is 9.10. The smallest absolute Gasteiger partial charge is 0.165 e. The van der Waals surface area contributed by atoms with Crippen LogP contribution in [0.3, 0.4) is 0 Å². The van der Waals surface area contributed by atoms with E-state index in [2.05, 4.69) is 42.8 Å². The van der Waals surface area contributed by atoms with Crippen molar-refractivity contribution in [2.75, 3.05) is 18.0 Å². The Hall–Kier alpha value is -2.43. The molecule has 0 unspecified atom stereocenters. The van der Waals surface area contributed by atoms with E-state index in [0.717, 1.165) is 65.6 Å². The maximum atomic E-state index is 4.82. The maximum Gasteiger partial charge on any atom is 0.165 e. The Morgan fingerprint density at radius 1 is 1.00 bits per heavy atom. The van der Waals surface area contributed by atoms with Gasteiger partial charge in [0, 0.05) is 42.3 Å². The summed E-state index contributed by atoms with van der Waals surface area (Å²) >= 11 is 0. The van der Waals surface area contributed by atoms with Crippen molar-refractivity contribution in [1.29, 1.82) is 0 Å². The fourth-order valence-electron chi connectivity index (χ4n) is 3.29. The van der Waals surface area contributed by atoms with Crippen molar-refractivity contribution < 1.29 is 0 Å². The van der Waals surface area contributed by atoms with Crippen LogP contribution in [0.1, 0.15) is 43.8 Å². The molecule has 0 aliphatic carbocycles. The number of rotatable bonds is 6. The summed E-state index contributed by atoms with van der Waals surface area (Å²) < 4.78 is 2.00. The maximum absolute atomic E-state index is 4.82. The Balaban J connectivity index is 2.21. The Morgan fingerprint density at radius 3 is 2.32 bits per heavy atom. The van der Waals surface area contributed by atoms with Crippen molar-refractivity contribution in [3.05, 3.63) is 41.5 Å². The standard InChI is InChI=1S/C20H27N5/c1-6-10-24(11-7-2)18-12-15(4)22-20-19(16(5)23-25(18)20)17-9-8-14(3)21-13-17/h8-9,12-13H,6-7,10-11H2,1-5H3. The van der Waals surface area contributed by atoms with Crippen LogP contribution in [0.5, 0.6) is 0 Å². The highest BCUT2D eigenvalue weighted by molar-refractivity contribution is 5.80. The molecule has 0 spiro atoms. The molecule has 3 aromatic rings. The van der Waals surface area contributed by atoms with Crippen molar-refractivity contribution in [1.82, 2.24) is 19.6 Å². The summed E-state index contributed by atoms with van der Waals surface area (Å²) in [5, 5.41) is 4.82. The average Bonchev–Trinajstić information content (AvgIpc) is 2.91. The lowest BCUT2D eigenvalue weighted by atomic mass is 10.1. The Labute approximate surface area is 149 Å². The molecule has 0 bridgehead atoms. The van der Waals surface area contributed by atoms with Crippen LogP contribution in [0.15, 0.2) is 24.4 Å². The summed E-state index contributed by atoms with van der Waals surface area (Å²) in [5.41, 5.74) is 6.07. The lowest BCUT2D eigenvalue weighted by molar-refractivity contribution is 0.713. The van der Waals surface area contributed by atoms with Crippen molar-refractivity contribution in [3.8, 4) is 11.1 Å². The number of hydrogen-bond acceptors (Lipinski definition) is 4. The highest BCUT2D eigenvalue weighted by Gasteiger charge is 2.18. The average molecular weight is 337 g/mol. The van der Waals surface area contributed by atoms with Gasteiger partial charge in [-0.05, 0) is 39.7 Å². The normalized spacial score (nSPS) is 11.2. The molecule has 0 saturated carbocycles. The Bertz CT molecular complexity index is 858. The van der Waals surface area contributed by atoms with E-state index in [-0.39, 0.29) is 0 Å². The minimum absolute atomic E-state index is 0.912. The van der Waals surface area contributed by atoms with E-state index in [4.69, 9.17) is 10.1 Å². The van der Waals surface area contributed by atoms with Crippen LogP contribution in [0.2, 0.25) is 0 Å². The quantitative estimate of drug-likeness (QED) is 0.671. The van der Waals surface area contributed by atoms with Gasteiger partial charge < -0.3 is 4.90 Å². The van der Waals surface area contributed by atoms with Gasteiger partial charge in [0.1, 0.15) is 5.82 Å². The molecule has 0 aliphatic heterocycles. The second-order valence-electron chi connectivity index (χ2n) is 6.63. The summed E-state index contributed by atoms with van der Waals surface area (Å²) in [6.07, 6.45) is 4.13. The van der Waals surface area contributed by atoms with Gasteiger partial charge >= 0.3 is 0 Å². The van der Waals surface area contributed by atoms with Crippen LogP contribution in [0, 0.1) is 20.8 Å². The molecule has 0 aliphatic rings. The van der Waals surface area contributed by atoms with Crippen molar-refractivity contribution >= 4 is 11.5 Å². The van der Waals surface area contributed by atoms with Crippen molar-refractivity contribution in [2.24, 2.45) is 0 Å². The third-order valence-electron chi connectivity index (χ3n) is 4.38. The van der Waals surface area contributed by atoms with E-state index in [1.165, 1.54) is 0 Å². The lowest BCUT2D eigenvalue weighted by Gasteiger charge is -2.24. The fourth-order valence-corrected chi connectivity index (χ4v) is 3.29. The first-order valence-electron chi connectivity index (χ1n) is 9.10. The van der Waals surface area contributed by atoms with Gasteiger partial charge in [0.05, 0.1) is 11.3 Å². The molecule has 0 N–H and O–H groups in total. The van der Waals surface area contributed by atoms with Crippen LogP contribution in [0.25, 0.3) is 16.8 Å². The first-order chi connectivity index (χ1) is 12.0. The van der Waals surface area contributed by atoms with Gasteiger partial charge in [-0.3, -0.25) is 4.98 Å². The van der Waals surface area contributed by atoms with E-state index in [1.54, 1.807) is 0 Å². The number of nitrogens with zero attached hydrogens (tertiary/aromatic N) is 5. The third-order valence-corrected chi connectivity index (χ3v) is 4.38. The molecule has 0 aromatic carbocycles. The van der Waals surface area contributed by atoms with Gasteiger partial charge in [-0.25, -0.2) is 4.98 Å². The molecule has 0 saturated heterocycles. The molecular formula is C20H27N5. The molecule has 25 heavy (non-hydrogen) atoms. The van der Waals surface area contributed by atoms with E-state index >= 15 is 0 Å². The van der Waals surface area contributed by atoms with E-state index in [1.807, 2.05) is 30.6 Å². The predicted molar refractivity (Wildman–Crippen MR) is 103 cm³/mol. The summed E-state index contributed by atoms with van der Waals surface area (Å²) in [5.74, 6) is 1.13. The van der Waals surface area contributed by atoms with Gasteiger partial charge in [0.15, 0.2) is 5.65 Å². The molecule has 0 fully saturated rings. The molecule has 0 radical (unpaired) electrons. The molecule has 3 aromatic heterocycles. The van der Waals surface area contributed by atoms with Crippen LogP contribution in [-0.4, -0.2) is 32.7 Å². The summed E-state index contributed by atoms with van der Waals surface area (Å²) in [6.45, 7) is 12.6. The lowest BCUT2D eigenvalue weighted by Crippen LogP contribution is -2.27. The number of fused-ring (bicyclic) bond motifs is 1. The number of anilines is 1. The second-order valence-corrected chi connectivity index (χ2v) is 6.63. The third kappa shape index (κ3) is 3.36. The highest BCUT2D eigenvalue weighted by Crippen LogP contribution is 2.30. The SMILES string of the molecule is CCCN(CCC)c1cc(C)nc2c(-c3ccc(C)nc3)c(C)nn12. The predicted octanol–water partition coefficient (Wildman–Crippen LogP) is 4.34. The first kappa shape index (κ1) is 17.4. The molecule has 132 valence electrons. The van der Waals surface area contributed by atoms with Crippen LogP contribution < -0.4 is 4.90 Å². The topological polar surface area (TPSA) is 46.3 Å². The second kappa shape index (κ2) is 7.21. The zero-order chi connectivity index (χ0) is 18.0. The zero-order valence-corrected chi connectivity index (χ0v) is 15.9. The molecule has 0 amide bonds. The van der Waals surface area contributed by atoms with Crippen molar-refractivity contribution in [3.63, 3.8) is 0 Å². The number of aryl methyl sites for hydroxylation is 3. The van der Waals surface area contributed by atoms with E-state index < -0.39 is 0 Å². The minimum Gasteiger partial charge on any atom is -0.356 e. The van der Waals surface area contributed by atoms with Gasteiger partial charge in [0.25, 0.3) is 0 Å². The Morgan fingerprint density at radius 2 is 1.72 bits per heavy atom. The number of aromatic nitrogens is 4. The zero-order valence-electron chi connectivity index (χ0n) is 15.9. The summed E-state index contributed by atoms with van der Waals surface area (Å²) in [4.78, 5) is 11.7.